The van der Waals surface area contributed by atoms with Crippen LogP contribution in [0.2, 0.25) is 0 Å². The number of nitrogens with one attached hydrogen (secondary N) is 1. The van der Waals surface area contributed by atoms with Crippen LogP contribution in [0.15, 0.2) is 18.2 Å². The van der Waals surface area contributed by atoms with Gasteiger partial charge in [-0.05, 0) is 24.0 Å². The maximum atomic E-state index is 13.4. The van der Waals surface area contributed by atoms with Gasteiger partial charge in [0.25, 0.3) is 0 Å². The monoisotopic (exact) mass is 271 g/mol. The van der Waals surface area contributed by atoms with Crippen molar-refractivity contribution >= 4 is 5.91 Å². The molecule has 1 aromatic rings. The smallest absolute Gasteiger partial charge is 0.224 e. The van der Waals surface area contributed by atoms with Gasteiger partial charge in [0.2, 0.25) is 5.91 Å². The Morgan fingerprint density at radius 3 is 2.42 bits per heavy atom. The lowest BCUT2D eigenvalue weighted by Gasteiger charge is -2.23. The van der Waals surface area contributed by atoms with Gasteiger partial charge in [0.15, 0.2) is 0 Å². The molecule has 0 aromatic heterocycles. The molecule has 0 aliphatic heterocycles. The van der Waals surface area contributed by atoms with Gasteiger partial charge in [0.1, 0.15) is 11.6 Å². The maximum absolute atomic E-state index is 13.4. The Bertz CT molecular complexity index is 427. The predicted molar refractivity (Wildman–Crippen MR) is 68.6 cm³/mol. The largest absolute Gasteiger partial charge is 0.396 e. The van der Waals surface area contributed by atoms with Crippen molar-refractivity contribution in [2.75, 3.05) is 13.2 Å². The summed E-state index contributed by atoms with van der Waals surface area (Å²) < 4.78 is 26.7. The number of carbonyl (C=O) groups excluding carboxylic acids is 1. The summed E-state index contributed by atoms with van der Waals surface area (Å²) in [4.78, 5) is 11.7. The van der Waals surface area contributed by atoms with Gasteiger partial charge in [-0.15, -0.1) is 0 Å². The standard InChI is InChI=1S/C14H19F2NO2/c1-14(2,6-7-18)9-17-13(19)8-10-11(15)4-3-5-12(10)16/h3-5,18H,6-9H2,1-2H3,(H,17,19). The van der Waals surface area contributed by atoms with E-state index in [0.29, 0.717) is 13.0 Å². The number of halogens is 2. The number of hydrogen-bond donors (Lipinski definition) is 2. The van der Waals surface area contributed by atoms with Crippen LogP contribution < -0.4 is 5.32 Å². The van der Waals surface area contributed by atoms with Crippen LogP contribution in [0.5, 0.6) is 0 Å². The summed E-state index contributed by atoms with van der Waals surface area (Å²) in [6.07, 6.45) is 0.217. The molecule has 3 nitrogen and oxygen atoms in total. The highest BCUT2D eigenvalue weighted by atomic mass is 19.1. The van der Waals surface area contributed by atoms with E-state index in [9.17, 15) is 13.6 Å². The lowest BCUT2D eigenvalue weighted by atomic mass is 9.89. The van der Waals surface area contributed by atoms with Crippen molar-refractivity contribution in [2.45, 2.75) is 26.7 Å². The minimum Gasteiger partial charge on any atom is -0.396 e. The van der Waals surface area contributed by atoms with Gasteiger partial charge >= 0.3 is 0 Å². The third-order valence-electron chi connectivity index (χ3n) is 2.95. The van der Waals surface area contributed by atoms with Crippen LogP contribution in [-0.2, 0) is 11.2 Å². The van der Waals surface area contributed by atoms with Crippen molar-refractivity contribution in [3.8, 4) is 0 Å². The summed E-state index contributed by atoms with van der Waals surface area (Å²) in [5.41, 5.74) is -0.474. The van der Waals surface area contributed by atoms with Crippen molar-refractivity contribution in [3.63, 3.8) is 0 Å². The summed E-state index contributed by atoms with van der Waals surface area (Å²) in [6, 6.07) is 3.51. The van der Waals surface area contributed by atoms with Crippen LogP contribution in [0.25, 0.3) is 0 Å². The van der Waals surface area contributed by atoms with Crippen LogP contribution in [0.1, 0.15) is 25.8 Å². The van der Waals surface area contributed by atoms with Crippen LogP contribution in [0, 0.1) is 17.0 Å². The highest BCUT2D eigenvalue weighted by Crippen LogP contribution is 2.18. The Balaban J connectivity index is 2.57. The molecule has 0 saturated heterocycles. The van der Waals surface area contributed by atoms with Gasteiger partial charge in [-0.3, -0.25) is 4.79 Å². The van der Waals surface area contributed by atoms with Crippen molar-refractivity contribution in [2.24, 2.45) is 5.41 Å². The molecule has 0 heterocycles. The van der Waals surface area contributed by atoms with Gasteiger partial charge < -0.3 is 10.4 Å². The summed E-state index contributed by atoms with van der Waals surface area (Å²) >= 11 is 0. The number of aliphatic hydroxyl groups excluding tert-OH is 1. The molecule has 0 bridgehead atoms. The fraction of sp³-hybridized carbons (Fsp3) is 0.500. The third-order valence-corrected chi connectivity index (χ3v) is 2.95. The minimum atomic E-state index is -0.718. The van der Waals surface area contributed by atoms with Crippen molar-refractivity contribution in [3.05, 3.63) is 35.4 Å². The Hall–Kier alpha value is -1.49. The SMILES string of the molecule is CC(C)(CCO)CNC(=O)Cc1c(F)cccc1F. The summed E-state index contributed by atoms with van der Waals surface area (Å²) in [6.45, 7) is 4.17. The van der Waals surface area contributed by atoms with E-state index in [1.807, 2.05) is 13.8 Å². The molecule has 1 rings (SSSR count). The van der Waals surface area contributed by atoms with Crippen molar-refractivity contribution in [1.82, 2.24) is 5.32 Å². The average molecular weight is 271 g/mol. The van der Waals surface area contributed by atoms with E-state index in [-0.39, 0.29) is 24.0 Å². The molecule has 0 aliphatic carbocycles. The van der Waals surface area contributed by atoms with Gasteiger partial charge in [0.05, 0.1) is 6.42 Å². The quantitative estimate of drug-likeness (QED) is 0.831. The lowest BCUT2D eigenvalue weighted by molar-refractivity contribution is -0.121. The molecule has 19 heavy (non-hydrogen) atoms. The van der Waals surface area contributed by atoms with E-state index in [0.717, 1.165) is 12.1 Å². The van der Waals surface area contributed by atoms with Gasteiger partial charge in [-0.2, -0.15) is 0 Å². The van der Waals surface area contributed by atoms with Crippen molar-refractivity contribution in [1.29, 1.82) is 0 Å². The molecule has 0 aliphatic rings. The first-order chi connectivity index (χ1) is 8.85. The summed E-state index contributed by atoms with van der Waals surface area (Å²) in [5, 5.41) is 11.5. The minimum absolute atomic E-state index is 0.0326. The second-order valence-corrected chi connectivity index (χ2v) is 5.29. The highest BCUT2D eigenvalue weighted by Gasteiger charge is 2.19. The number of amides is 1. The van der Waals surface area contributed by atoms with Gasteiger partial charge in [0, 0.05) is 18.7 Å². The molecule has 0 radical (unpaired) electrons. The molecule has 106 valence electrons. The average Bonchev–Trinajstić information content (AvgIpc) is 2.32. The van der Waals surface area contributed by atoms with E-state index in [2.05, 4.69) is 5.32 Å². The zero-order valence-electron chi connectivity index (χ0n) is 11.2. The molecule has 5 heteroatoms. The summed E-state index contributed by atoms with van der Waals surface area (Å²) in [5.74, 6) is -1.87. The fourth-order valence-electron chi connectivity index (χ4n) is 1.65. The number of hydrogen-bond acceptors (Lipinski definition) is 2. The van der Waals surface area contributed by atoms with E-state index in [1.54, 1.807) is 0 Å². The van der Waals surface area contributed by atoms with E-state index >= 15 is 0 Å². The Morgan fingerprint density at radius 1 is 1.32 bits per heavy atom. The second kappa shape index (κ2) is 6.61. The fourth-order valence-corrected chi connectivity index (χ4v) is 1.65. The van der Waals surface area contributed by atoms with Crippen molar-refractivity contribution < 1.29 is 18.7 Å². The molecular formula is C14H19F2NO2. The molecule has 0 atom stereocenters. The molecule has 2 N–H and O–H groups in total. The molecule has 0 spiro atoms. The normalized spacial score (nSPS) is 11.4. The lowest BCUT2D eigenvalue weighted by Crippen LogP contribution is -2.35. The van der Waals surface area contributed by atoms with E-state index in [4.69, 9.17) is 5.11 Å². The zero-order valence-corrected chi connectivity index (χ0v) is 11.2. The third kappa shape index (κ3) is 4.95. The van der Waals surface area contributed by atoms with E-state index < -0.39 is 17.5 Å². The Kier molecular flexibility index (Phi) is 5.42. The molecule has 0 unspecified atom stereocenters. The predicted octanol–water partition coefficient (Wildman–Crippen LogP) is 2.03. The number of carbonyl (C=O) groups is 1. The molecule has 1 amide bonds. The summed E-state index contributed by atoms with van der Waals surface area (Å²) in [7, 11) is 0. The first-order valence-electron chi connectivity index (χ1n) is 6.16. The number of benzene rings is 1. The molecule has 0 saturated carbocycles. The topological polar surface area (TPSA) is 49.3 Å². The molecule has 1 aromatic carbocycles. The van der Waals surface area contributed by atoms with Crippen LogP contribution in [-0.4, -0.2) is 24.2 Å². The highest BCUT2D eigenvalue weighted by molar-refractivity contribution is 5.78. The first kappa shape index (κ1) is 15.6. The Morgan fingerprint density at radius 2 is 1.89 bits per heavy atom. The first-order valence-corrected chi connectivity index (χ1v) is 6.16. The Labute approximate surface area is 111 Å². The van der Waals surface area contributed by atoms with Gasteiger partial charge in [-0.25, -0.2) is 8.78 Å². The second-order valence-electron chi connectivity index (χ2n) is 5.29. The zero-order chi connectivity index (χ0) is 14.5. The van der Waals surface area contributed by atoms with Crippen LogP contribution in [0.3, 0.4) is 0 Å². The molecular weight excluding hydrogens is 252 g/mol. The molecule has 0 fully saturated rings. The number of aliphatic hydroxyl groups is 1. The van der Waals surface area contributed by atoms with Gasteiger partial charge in [-0.1, -0.05) is 19.9 Å². The van der Waals surface area contributed by atoms with Crippen LogP contribution in [0.4, 0.5) is 8.78 Å². The van der Waals surface area contributed by atoms with Crippen LogP contribution >= 0.6 is 0 Å². The van der Waals surface area contributed by atoms with E-state index in [1.165, 1.54) is 6.07 Å². The number of rotatable bonds is 6. The maximum Gasteiger partial charge on any atom is 0.224 e.